The Morgan fingerprint density at radius 1 is 1.44 bits per heavy atom. The van der Waals surface area contributed by atoms with Crippen LogP contribution in [0.2, 0.25) is 0 Å². The van der Waals surface area contributed by atoms with Crippen molar-refractivity contribution in [3.63, 3.8) is 0 Å². The summed E-state index contributed by atoms with van der Waals surface area (Å²) in [5, 5.41) is 0. The molecule has 0 N–H and O–H groups in total. The van der Waals surface area contributed by atoms with Crippen molar-refractivity contribution in [1.29, 1.82) is 0 Å². The molecule has 0 rings (SSSR count). The van der Waals surface area contributed by atoms with E-state index in [1.54, 1.807) is 0 Å². The normalized spacial score (nSPS) is 11.8. The molecular weight excluding hydrogens is 243 g/mol. The monoisotopic (exact) mass is 252 g/mol. The lowest BCUT2D eigenvalue weighted by Gasteiger charge is -1.99. The summed E-state index contributed by atoms with van der Waals surface area (Å²) in [5.41, 5.74) is 1.43. The van der Waals surface area contributed by atoms with Gasteiger partial charge in [-0.25, -0.2) is 0 Å². The van der Waals surface area contributed by atoms with Gasteiger partial charge in [0.15, 0.2) is 0 Å². The van der Waals surface area contributed by atoms with Crippen LogP contribution in [-0.2, 0) is 0 Å². The highest BCUT2D eigenvalue weighted by atomic mass is 79.9. The Balaban J connectivity index is 3.81. The van der Waals surface area contributed by atoms with E-state index in [-0.39, 0.29) is 0 Å². The van der Waals surface area contributed by atoms with E-state index in [4.69, 9.17) is 0 Å². The van der Waals surface area contributed by atoms with Gasteiger partial charge in [-0.15, -0.1) is 31.5 Å². The summed E-state index contributed by atoms with van der Waals surface area (Å²) >= 11 is 6.90. The fourth-order valence-electron chi connectivity index (χ4n) is 0.650. The average Bonchev–Trinajstić information content (AvgIpc) is 1.82. The van der Waals surface area contributed by atoms with Crippen LogP contribution in [0.4, 0.5) is 0 Å². The number of hydrogen-bond acceptors (Lipinski definition) is 0. The largest absolute Gasteiger partial charge is 0.325 e. The first kappa shape index (κ1) is 9.76. The van der Waals surface area contributed by atoms with E-state index in [1.807, 2.05) is 0 Å². The third kappa shape index (κ3) is 4.21. The molecule has 0 aromatic heterocycles. The SMILES string of the molecule is CC/C=C(\CC)B(Br)Br. The predicted molar refractivity (Wildman–Crippen MR) is 52.3 cm³/mol. The highest BCUT2D eigenvalue weighted by molar-refractivity contribution is 9.49. The third-order valence-electron chi connectivity index (χ3n) is 1.15. The predicted octanol–water partition coefficient (Wildman–Crippen LogP) is 3.55. The van der Waals surface area contributed by atoms with Gasteiger partial charge in [0.2, 0.25) is 0 Å². The van der Waals surface area contributed by atoms with E-state index in [9.17, 15) is 0 Å². The smallest absolute Gasteiger partial charge is 0.133 e. The molecule has 0 atom stereocenters. The van der Waals surface area contributed by atoms with Crippen molar-refractivity contribution >= 4 is 35.9 Å². The summed E-state index contributed by atoms with van der Waals surface area (Å²) < 4.78 is 0.370. The first-order valence-corrected chi connectivity index (χ1v) is 5.02. The van der Waals surface area contributed by atoms with E-state index in [0.29, 0.717) is 4.36 Å². The van der Waals surface area contributed by atoms with Crippen LogP contribution in [0.15, 0.2) is 11.5 Å². The lowest BCUT2D eigenvalue weighted by molar-refractivity contribution is 1.13. The Labute approximate surface area is 74.1 Å². The highest BCUT2D eigenvalue weighted by Gasteiger charge is 2.07. The fourth-order valence-corrected chi connectivity index (χ4v) is 1.67. The van der Waals surface area contributed by atoms with Gasteiger partial charge in [-0.3, -0.25) is 0 Å². The molecule has 52 valence electrons. The minimum atomic E-state index is 0.370. The Hall–Kier alpha value is 0.765. The minimum absolute atomic E-state index is 0.370. The van der Waals surface area contributed by atoms with Crippen molar-refractivity contribution in [1.82, 2.24) is 0 Å². The second-order valence-electron chi connectivity index (χ2n) is 1.84. The maximum atomic E-state index is 3.45. The zero-order chi connectivity index (χ0) is 7.28. The van der Waals surface area contributed by atoms with Gasteiger partial charge >= 0.3 is 4.36 Å². The molecule has 0 nitrogen and oxygen atoms in total. The molecule has 0 aromatic carbocycles. The van der Waals surface area contributed by atoms with Crippen LogP contribution in [0.25, 0.3) is 0 Å². The van der Waals surface area contributed by atoms with Crippen molar-refractivity contribution < 1.29 is 0 Å². The molecule has 0 heterocycles. The molecule has 0 aliphatic rings. The Kier molecular flexibility index (Phi) is 6.01. The Morgan fingerprint density at radius 3 is 2.11 bits per heavy atom. The fraction of sp³-hybridized carbons (Fsp3) is 0.667. The highest BCUT2D eigenvalue weighted by Crippen LogP contribution is 2.17. The van der Waals surface area contributed by atoms with Crippen LogP contribution in [0.3, 0.4) is 0 Å². The molecule has 0 aliphatic carbocycles. The van der Waals surface area contributed by atoms with Crippen LogP contribution in [0, 0.1) is 0 Å². The molecule has 0 radical (unpaired) electrons. The first-order valence-electron chi connectivity index (χ1n) is 3.19. The van der Waals surface area contributed by atoms with Crippen molar-refractivity contribution in [3.8, 4) is 0 Å². The molecular formula is C6H11BBr2. The van der Waals surface area contributed by atoms with Gasteiger partial charge in [0.25, 0.3) is 0 Å². The zero-order valence-corrected chi connectivity index (χ0v) is 9.00. The summed E-state index contributed by atoms with van der Waals surface area (Å²) in [7, 11) is 0. The molecule has 0 saturated carbocycles. The van der Waals surface area contributed by atoms with Gasteiger partial charge in [-0.2, -0.15) is 0 Å². The molecule has 0 unspecified atom stereocenters. The van der Waals surface area contributed by atoms with Gasteiger partial charge < -0.3 is 0 Å². The van der Waals surface area contributed by atoms with Gasteiger partial charge in [-0.05, 0) is 12.8 Å². The van der Waals surface area contributed by atoms with E-state index in [1.165, 1.54) is 5.47 Å². The van der Waals surface area contributed by atoms with Gasteiger partial charge in [0, 0.05) is 0 Å². The maximum absolute atomic E-state index is 3.45. The summed E-state index contributed by atoms with van der Waals surface area (Å²) in [6.07, 6.45) is 4.49. The molecule has 0 amide bonds. The molecule has 0 aromatic rings. The van der Waals surface area contributed by atoms with Crippen LogP contribution in [-0.4, -0.2) is 4.36 Å². The van der Waals surface area contributed by atoms with Gasteiger partial charge in [-0.1, -0.05) is 25.4 Å². The van der Waals surface area contributed by atoms with E-state index in [0.717, 1.165) is 12.8 Å². The van der Waals surface area contributed by atoms with Crippen LogP contribution < -0.4 is 0 Å². The lowest BCUT2D eigenvalue weighted by atomic mass is 9.91. The third-order valence-corrected chi connectivity index (χ3v) is 2.33. The molecule has 9 heavy (non-hydrogen) atoms. The summed E-state index contributed by atoms with van der Waals surface area (Å²) in [5.74, 6) is 0. The number of halogens is 2. The molecule has 3 heteroatoms. The quantitative estimate of drug-likeness (QED) is 0.675. The van der Waals surface area contributed by atoms with Crippen molar-refractivity contribution in [3.05, 3.63) is 11.5 Å². The number of hydrogen-bond donors (Lipinski definition) is 0. The molecule has 0 fully saturated rings. The summed E-state index contributed by atoms with van der Waals surface area (Å²) in [6, 6.07) is 0. The van der Waals surface area contributed by atoms with E-state index >= 15 is 0 Å². The van der Waals surface area contributed by atoms with Crippen molar-refractivity contribution in [2.45, 2.75) is 26.7 Å². The lowest BCUT2D eigenvalue weighted by Crippen LogP contribution is -1.95. The van der Waals surface area contributed by atoms with E-state index < -0.39 is 0 Å². The molecule has 0 bridgehead atoms. The minimum Gasteiger partial charge on any atom is -0.133 e. The van der Waals surface area contributed by atoms with Gasteiger partial charge in [0.1, 0.15) is 0 Å². The van der Waals surface area contributed by atoms with Crippen molar-refractivity contribution in [2.75, 3.05) is 0 Å². The topological polar surface area (TPSA) is 0 Å². The van der Waals surface area contributed by atoms with Crippen LogP contribution in [0.5, 0.6) is 0 Å². The molecule has 0 spiro atoms. The van der Waals surface area contributed by atoms with E-state index in [2.05, 4.69) is 51.4 Å². The van der Waals surface area contributed by atoms with Crippen LogP contribution in [0.1, 0.15) is 26.7 Å². The number of rotatable bonds is 3. The zero-order valence-electron chi connectivity index (χ0n) is 5.82. The van der Waals surface area contributed by atoms with Gasteiger partial charge in [0.05, 0.1) is 0 Å². The molecule has 0 aliphatic heterocycles. The maximum Gasteiger partial charge on any atom is 0.325 e. The number of allylic oxidation sites excluding steroid dienone is 2. The van der Waals surface area contributed by atoms with Crippen LogP contribution >= 0.6 is 31.5 Å². The van der Waals surface area contributed by atoms with Crippen molar-refractivity contribution in [2.24, 2.45) is 0 Å². The Bertz CT molecular complexity index is 99.2. The first-order chi connectivity index (χ1) is 4.22. The Morgan fingerprint density at radius 2 is 2.00 bits per heavy atom. The summed E-state index contributed by atoms with van der Waals surface area (Å²) in [4.78, 5) is 0. The average molecular weight is 254 g/mol. The second-order valence-corrected chi connectivity index (χ2v) is 4.90. The standard InChI is InChI=1S/C6H11BBr2/c1-3-5-6(4-2)7(8)9/h5H,3-4H2,1-2H3/b6-5+. The summed E-state index contributed by atoms with van der Waals surface area (Å²) in [6.45, 7) is 4.31. The second kappa shape index (κ2) is 5.54. The molecule has 0 saturated heterocycles.